The summed E-state index contributed by atoms with van der Waals surface area (Å²) in [5.41, 5.74) is 1.80. The maximum Gasteiger partial charge on any atom is 0.276 e. The molecule has 0 saturated carbocycles. The lowest BCUT2D eigenvalue weighted by Gasteiger charge is -2.23. The Bertz CT molecular complexity index is 436. The number of nitrogens with one attached hydrogen (secondary N) is 2. The number of nitrogen functional groups attached to an aromatic ring is 1. The van der Waals surface area contributed by atoms with Crippen LogP contribution in [0.5, 0.6) is 0 Å². The first-order valence-electron chi connectivity index (χ1n) is 5.30. The molecule has 0 aliphatic rings. The van der Waals surface area contributed by atoms with E-state index in [0.29, 0.717) is 12.4 Å². The van der Waals surface area contributed by atoms with Crippen LogP contribution in [-0.4, -0.2) is 29.2 Å². The van der Waals surface area contributed by atoms with Crippen molar-refractivity contribution in [3.05, 3.63) is 22.2 Å². The minimum Gasteiger partial charge on any atom is -0.377 e. The largest absolute Gasteiger partial charge is 0.377 e. The Balaban J connectivity index is 2.88. The molecule has 1 rings (SSSR count). The van der Waals surface area contributed by atoms with Crippen LogP contribution in [0, 0.1) is 10.1 Å². The third-order valence-corrected chi connectivity index (χ3v) is 2.42. The van der Waals surface area contributed by atoms with Crippen molar-refractivity contribution in [3.8, 4) is 0 Å². The maximum atomic E-state index is 10.7. The van der Waals surface area contributed by atoms with Crippen LogP contribution in [0.25, 0.3) is 0 Å². The number of aromatic nitrogens is 1. The van der Waals surface area contributed by atoms with E-state index < -0.39 is 10.5 Å². The Labute approximate surface area is 105 Å². The van der Waals surface area contributed by atoms with E-state index in [1.165, 1.54) is 12.1 Å². The van der Waals surface area contributed by atoms with Crippen molar-refractivity contribution in [2.45, 2.75) is 19.4 Å². The van der Waals surface area contributed by atoms with E-state index >= 15 is 0 Å². The van der Waals surface area contributed by atoms with Gasteiger partial charge in [-0.2, -0.15) is 0 Å². The van der Waals surface area contributed by atoms with Crippen LogP contribution in [0.1, 0.15) is 13.8 Å². The molecule has 8 nitrogen and oxygen atoms in total. The minimum atomic E-state index is -0.505. The molecule has 8 heteroatoms. The molecule has 0 aliphatic carbocycles. The second kappa shape index (κ2) is 5.61. The van der Waals surface area contributed by atoms with Gasteiger partial charge in [0.05, 0.1) is 22.7 Å². The number of pyridine rings is 1. The average molecular weight is 255 g/mol. The summed E-state index contributed by atoms with van der Waals surface area (Å²) in [6.45, 7) is 4.24. The number of hydrazine groups is 1. The Kier molecular flexibility index (Phi) is 4.40. The van der Waals surface area contributed by atoms with Crippen molar-refractivity contribution >= 4 is 17.3 Å². The van der Waals surface area contributed by atoms with Gasteiger partial charge < -0.3 is 15.5 Å². The van der Waals surface area contributed by atoms with Crippen molar-refractivity contribution in [2.75, 3.05) is 24.4 Å². The molecule has 4 N–H and O–H groups in total. The molecule has 1 aromatic heterocycles. The van der Waals surface area contributed by atoms with Gasteiger partial charge in [-0.1, -0.05) is 0 Å². The number of anilines is 2. The molecule has 0 aliphatic heterocycles. The lowest BCUT2D eigenvalue weighted by atomic mass is 10.1. The molecule has 0 fully saturated rings. The molecule has 0 unspecified atom stereocenters. The van der Waals surface area contributed by atoms with Crippen LogP contribution in [0.4, 0.5) is 17.3 Å². The first kappa shape index (κ1) is 14.1. The molecular formula is C10H17N5O3. The fourth-order valence-electron chi connectivity index (χ4n) is 1.16. The quantitative estimate of drug-likeness (QED) is 0.396. The standard InChI is InChI=1S/C10H17N5O3/c1-10(2,18-3)6-12-8-4-7(15(16)17)5-9(13-8)14-11/h4-5H,6,11H2,1-3H3,(H2,12,13,14). The van der Waals surface area contributed by atoms with Gasteiger partial charge in [-0.25, -0.2) is 10.8 Å². The van der Waals surface area contributed by atoms with Crippen molar-refractivity contribution in [3.63, 3.8) is 0 Å². The molecule has 0 aromatic carbocycles. The highest BCUT2D eigenvalue weighted by Crippen LogP contribution is 2.20. The van der Waals surface area contributed by atoms with E-state index in [9.17, 15) is 10.1 Å². The zero-order valence-electron chi connectivity index (χ0n) is 10.6. The van der Waals surface area contributed by atoms with Gasteiger partial charge in [0.15, 0.2) is 0 Å². The van der Waals surface area contributed by atoms with E-state index in [-0.39, 0.29) is 11.5 Å². The summed E-state index contributed by atoms with van der Waals surface area (Å²) >= 11 is 0. The van der Waals surface area contributed by atoms with Gasteiger partial charge in [0, 0.05) is 13.7 Å². The van der Waals surface area contributed by atoms with E-state index in [2.05, 4.69) is 15.7 Å². The van der Waals surface area contributed by atoms with Crippen LogP contribution in [0.15, 0.2) is 12.1 Å². The highest BCUT2D eigenvalue weighted by Gasteiger charge is 2.17. The van der Waals surface area contributed by atoms with E-state index in [1.807, 2.05) is 13.8 Å². The fourth-order valence-corrected chi connectivity index (χ4v) is 1.16. The normalized spacial score (nSPS) is 11.1. The third kappa shape index (κ3) is 3.82. The van der Waals surface area contributed by atoms with Crippen molar-refractivity contribution < 1.29 is 9.66 Å². The predicted molar refractivity (Wildman–Crippen MR) is 68.3 cm³/mol. The topological polar surface area (TPSA) is 115 Å². The molecule has 18 heavy (non-hydrogen) atoms. The number of nitro groups is 1. The number of nitrogens with two attached hydrogens (primary N) is 1. The van der Waals surface area contributed by atoms with Gasteiger partial charge >= 0.3 is 0 Å². The zero-order chi connectivity index (χ0) is 13.8. The number of ether oxygens (including phenoxy) is 1. The van der Waals surface area contributed by atoms with Crippen molar-refractivity contribution in [1.29, 1.82) is 0 Å². The van der Waals surface area contributed by atoms with Crippen LogP contribution in [0.2, 0.25) is 0 Å². The molecular weight excluding hydrogens is 238 g/mol. The van der Waals surface area contributed by atoms with Gasteiger partial charge in [-0.3, -0.25) is 10.1 Å². The van der Waals surface area contributed by atoms with Crippen molar-refractivity contribution in [2.24, 2.45) is 5.84 Å². The summed E-state index contributed by atoms with van der Waals surface area (Å²) in [4.78, 5) is 14.3. The summed E-state index contributed by atoms with van der Waals surface area (Å²) < 4.78 is 5.23. The van der Waals surface area contributed by atoms with Crippen molar-refractivity contribution in [1.82, 2.24) is 4.98 Å². The Hall–Kier alpha value is -1.93. The number of methoxy groups -OCH3 is 1. The summed E-state index contributed by atoms with van der Waals surface area (Å²) in [7, 11) is 1.59. The summed E-state index contributed by atoms with van der Waals surface area (Å²) in [6, 6.07) is 2.60. The first-order valence-corrected chi connectivity index (χ1v) is 5.30. The Morgan fingerprint density at radius 1 is 1.50 bits per heavy atom. The van der Waals surface area contributed by atoms with Gasteiger partial charge in [0.1, 0.15) is 11.6 Å². The molecule has 0 saturated heterocycles. The Morgan fingerprint density at radius 3 is 2.61 bits per heavy atom. The van der Waals surface area contributed by atoms with E-state index in [1.54, 1.807) is 7.11 Å². The Morgan fingerprint density at radius 2 is 2.11 bits per heavy atom. The van der Waals surface area contributed by atoms with Gasteiger partial charge in [0.25, 0.3) is 5.69 Å². The number of hydrogen-bond donors (Lipinski definition) is 3. The van der Waals surface area contributed by atoms with Gasteiger partial charge in [0.2, 0.25) is 0 Å². The SMILES string of the molecule is COC(C)(C)CNc1cc([N+](=O)[O-])cc(NN)n1. The lowest BCUT2D eigenvalue weighted by Crippen LogP contribution is -2.32. The average Bonchev–Trinajstić information content (AvgIpc) is 2.36. The van der Waals surface area contributed by atoms with E-state index in [4.69, 9.17) is 10.6 Å². The molecule has 0 amide bonds. The van der Waals surface area contributed by atoms with E-state index in [0.717, 1.165) is 0 Å². The summed E-state index contributed by atoms with van der Waals surface area (Å²) in [5, 5.41) is 13.7. The number of hydrogen-bond acceptors (Lipinski definition) is 7. The molecule has 0 spiro atoms. The van der Waals surface area contributed by atoms with Crippen LogP contribution in [0.3, 0.4) is 0 Å². The molecule has 0 atom stereocenters. The second-order valence-electron chi connectivity index (χ2n) is 4.31. The van der Waals surface area contributed by atoms with Crippen LogP contribution >= 0.6 is 0 Å². The monoisotopic (exact) mass is 255 g/mol. The third-order valence-electron chi connectivity index (χ3n) is 2.42. The zero-order valence-corrected chi connectivity index (χ0v) is 10.6. The summed E-state index contributed by atoms with van der Waals surface area (Å²) in [5.74, 6) is 5.80. The minimum absolute atomic E-state index is 0.0873. The maximum absolute atomic E-state index is 10.7. The molecule has 1 aromatic rings. The predicted octanol–water partition coefficient (Wildman–Crippen LogP) is 1.11. The molecule has 1 heterocycles. The fraction of sp³-hybridized carbons (Fsp3) is 0.500. The highest BCUT2D eigenvalue weighted by atomic mass is 16.6. The number of rotatable bonds is 6. The summed E-state index contributed by atoms with van der Waals surface area (Å²) in [6.07, 6.45) is 0. The van der Waals surface area contributed by atoms with Crippen LogP contribution in [-0.2, 0) is 4.74 Å². The highest BCUT2D eigenvalue weighted by molar-refractivity contribution is 5.54. The number of nitrogens with zero attached hydrogens (tertiary/aromatic N) is 2. The molecule has 100 valence electrons. The molecule has 0 bridgehead atoms. The lowest BCUT2D eigenvalue weighted by molar-refractivity contribution is -0.384. The van der Waals surface area contributed by atoms with Crippen LogP contribution < -0.4 is 16.6 Å². The second-order valence-corrected chi connectivity index (χ2v) is 4.31. The van der Waals surface area contributed by atoms with Gasteiger partial charge in [-0.15, -0.1) is 0 Å². The first-order chi connectivity index (χ1) is 8.38. The molecule has 0 radical (unpaired) electrons. The van der Waals surface area contributed by atoms with Gasteiger partial charge in [-0.05, 0) is 13.8 Å². The smallest absolute Gasteiger partial charge is 0.276 e.